The number of carbonyl (C=O) groups is 2. The predicted molar refractivity (Wildman–Crippen MR) is 125 cm³/mol. The molecular formula is C25H29FN4O5. The SMILES string of the molecule is O=C(c1cc(Cn2c3c(c(=O)[nH]c2=O)CCCC3)ccc1F)N1CCN(C(=O)C2CCCO2)CC1. The maximum absolute atomic E-state index is 14.7. The maximum atomic E-state index is 14.7. The van der Waals surface area contributed by atoms with Crippen molar-refractivity contribution in [1.82, 2.24) is 19.4 Å². The van der Waals surface area contributed by atoms with Crippen molar-refractivity contribution >= 4 is 11.8 Å². The van der Waals surface area contributed by atoms with E-state index in [1.54, 1.807) is 15.9 Å². The Labute approximate surface area is 201 Å². The van der Waals surface area contributed by atoms with E-state index < -0.39 is 23.5 Å². The molecule has 35 heavy (non-hydrogen) atoms. The van der Waals surface area contributed by atoms with Crippen molar-refractivity contribution in [3.05, 3.63) is 67.2 Å². The molecule has 2 fully saturated rings. The number of amides is 2. The Bertz CT molecular complexity index is 1260. The minimum absolute atomic E-state index is 0.0440. The van der Waals surface area contributed by atoms with Crippen LogP contribution >= 0.6 is 0 Å². The van der Waals surface area contributed by atoms with Gasteiger partial charge in [-0.25, -0.2) is 9.18 Å². The average molecular weight is 485 g/mol. The van der Waals surface area contributed by atoms with E-state index in [0.29, 0.717) is 62.4 Å². The fraction of sp³-hybridized carbons (Fsp3) is 0.520. The van der Waals surface area contributed by atoms with E-state index in [4.69, 9.17) is 4.74 Å². The van der Waals surface area contributed by atoms with Crippen LogP contribution in [0.5, 0.6) is 0 Å². The van der Waals surface area contributed by atoms with Crippen LogP contribution in [0, 0.1) is 5.82 Å². The molecule has 0 radical (unpaired) electrons. The standard InChI is InChI=1S/C25H29FN4O5/c26-19-8-7-16(15-30-20-5-2-1-4-17(20)22(31)27-25(30)34)14-18(19)23(32)28-9-11-29(12-10-28)24(33)21-6-3-13-35-21/h7-8,14,21H,1-6,9-13,15H2,(H,27,31,34). The van der Waals surface area contributed by atoms with Crippen molar-refractivity contribution in [2.75, 3.05) is 32.8 Å². The van der Waals surface area contributed by atoms with Gasteiger partial charge >= 0.3 is 5.69 Å². The Kier molecular flexibility index (Phi) is 6.55. The number of piperazine rings is 1. The van der Waals surface area contributed by atoms with Crippen molar-refractivity contribution in [1.29, 1.82) is 0 Å². The molecule has 3 heterocycles. The summed E-state index contributed by atoms with van der Waals surface area (Å²) < 4.78 is 21.7. The number of fused-ring (bicyclic) bond motifs is 1. The maximum Gasteiger partial charge on any atom is 0.328 e. The number of nitrogens with zero attached hydrogens (tertiary/aromatic N) is 3. The zero-order valence-corrected chi connectivity index (χ0v) is 19.6. The molecule has 1 N–H and O–H groups in total. The number of hydrogen-bond donors (Lipinski definition) is 1. The van der Waals surface area contributed by atoms with Gasteiger partial charge in [-0.05, 0) is 56.2 Å². The largest absolute Gasteiger partial charge is 0.368 e. The number of nitrogens with one attached hydrogen (secondary N) is 1. The Morgan fingerprint density at radius 2 is 1.77 bits per heavy atom. The quantitative estimate of drug-likeness (QED) is 0.699. The zero-order chi connectivity index (χ0) is 24.5. The van der Waals surface area contributed by atoms with Crippen molar-refractivity contribution < 1.29 is 18.7 Å². The summed E-state index contributed by atoms with van der Waals surface area (Å²) in [4.78, 5) is 56.1. The topological polar surface area (TPSA) is 105 Å². The number of rotatable bonds is 4. The number of benzene rings is 1. The first-order chi connectivity index (χ1) is 16.9. The van der Waals surface area contributed by atoms with Crippen LogP contribution < -0.4 is 11.2 Å². The van der Waals surface area contributed by atoms with Crippen LogP contribution in [-0.4, -0.2) is 70.1 Å². The molecule has 1 aromatic heterocycles. The molecule has 0 bridgehead atoms. The Morgan fingerprint density at radius 1 is 1.03 bits per heavy atom. The minimum Gasteiger partial charge on any atom is -0.368 e. The highest BCUT2D eigenvalue weighted by Gasteiger charge is 2.32. The van der Waals surface area contributed by atoms with Crippen molar-refractivity contribution in [3.63, 3.8) is 0 Å². The van der Waals surface area contributed by atoms with E-state index in [1.165, 1.54) is 16.7 Å². The summed E-state index contributed by atoms with van der Waals surface area (Å²) >= 11 is 0. The Hall–Kier alpha value is -3.27. The Morgan fingerprint density at radius 3 is 2.51 bits per heavy atom. The van der Waals surface area contributed by atoms with Gasteiger partial charge in [-0.3, -0.25) is 23.9 Å². The summed E-state index contributed by atoms with van der Waals surface area (Å²) in [5.74, 6) is -1.12. The molecule has 2 amide bonds. The summed E-state index contributed by atoms with van der Waals surface area (Å²) in [6, 6.07) is 4.27. The first kappa shape index (κ1) is 23.5. The molecule has 1 aromatic carbocycles. The molecular weight excluding hydrogens is 455 g/mol. The van der Waals surface area contributed by atoms with Crippen molar-refractivity contribution in [2.45, 2.75) is 51.2 Å². The van der Waals surface area contributed by atoms with Gasteiger partial charge < -0.3 is 14.5 Å². The number of aromatic amines is 1. The van der Waals surface area contributed by atoms with Gasteiger partial charge in [-0.15, -0.1) is 0 Å². The lowest BCUT2D eigenvalue weighted by atomic mass is 9.96. The summed E-state index contributed by atoms with van der Waals surface area (Å²) in [5.41, 5.74) is 1.04. The highest BCUT2D eigenvalue weighted by atomic mass is 19.1. The monoisotopic (exact) mass is 484 g/mol. The van der Waals surface area contributed by atoms with Crippen LogP contribution in [-0.2, 0) is 28.9 Å². The third-order valence-corrected chi connectivity index (χ3v) is 7.19. The van der Waals surface area contributed by atoms with Crippen molar-refractivity contribution in [2.24, 2.45) is 0 Å². The molecule has 0 spiro atoms. The van der Waals surface area contributed by atoms with E-state index in [0.717, 1.165) is 25.7 Å². The van der Waals surface area contributed by atoms with Crippen LogP contribution in [0.1, 0.15) is 52.9 Å². The van der Waals surface area contributed by atoms with Crippen LogP contribution in [0.25, 0.3) is 0 Å². The first-order valence-electron chi connectivity index (χ1n) is 12.3. The fourth-order valence-corrected chi connectivity index (χ4v) is 5.26. The van der Waals surface area contributed by atoms with Gasteiger partial charge in [-0.1, -0.05) is 6.07 Å². The lowest BCUT2D eigenvalue weighted by Crippen LogP contribution is -2.52. The molecule has 0 saturated carbocycles. The number of hydrogen-bond acceptors (Lipinski definition) is 5. The number of halogens is 1. The van der Waals surface area contributed by atoms with E-state index in [-0.39, 0.29) is 23.6 Å². The summed E-state index contributed by atoms with van der Waals surface area (Å²) in [7, 11) is 0. The third-order valence-electron chi connectivity index (χ3n) is 7.19. The van der Waals surface area contributed by atoms with Crippen LogP contribution in [0.15, 0.2) is 27.8 Å². The van der Waals surface area contributed by atoms with E-state index >= 15 is 0 Å². The van der Waals surface area contributed by atoms with Gasteiger partial charge in [0.05, 0.1) is 12.1 Å². The normalized spacial score (nSPS) is 20.1. The molecule has 3 aliphatic rings. The van der Waals surface area contributed by atoms with E-state index in [1.807, 2.05) is 0 Å². The van der Waals surface area contributed by atoms with Crippen LogP contribution in [0.3, 0.4) is 0 Å². The molecule has 5 rings (SSSR count). The molecule has 10 heteroatoms. The molecule has 186 valence electrons. The number of aromatic nitrogens is 2. The van der Waals surface area contributed by atoms with Gasteiger partial charge in [0.2, 0.25) is 0 Å². The summed E-state index contributed by atoms with van der Waals surface area (Å²) in [6.45, 7) is 2.12. The summed E-state index contributed by atoms with van der Waals surface area (Å²) in [6.07, 6.45) is 4.25. The molecule has 9 nitrogen and oxygen atoms in total. The minimum atomic E-state index is -0.632. The molecule has 1 aliphatic carbocycles. The number of H-pyrrole nitrogens is 1. The van der Waals surface area contributed by atoms with E-state index in [9.17, 15) is 23.6 Å². The molecule has 1 unspecified atom stereocenters. The second-order valence-corrected chi connectivity index (χ2v) is 9.41. The van der Waals surface area contributed by atoms with Crippen LogP contribution in [0.2, 0.25) is 0 Å². The first-order valence-corrected chi connectivity index (χ1v) is 12.3. The zero-order valence-electron chi connectivity index (χ0n) is 19.6. The van der Waals surface area contributed by atoms with Gasteiger partial charge in [0.1, 0.15) is 11.9 Å². The predicted octanol–water partition coefficient (Wildman–Crippen LogP) is 1.07. The lowest BCUT2D eigenvalue weighted by Gasteiger charge is -2.35. The molecule has 1 atom stereocenters. The Balaban J connectivity index is 1.31. The highest BCUT2D eigenvalue weighted by Crippen LogP contribution is 2.20. The molecule has 2 aromatic rings. The van der Waals surface area contributed by atoms with E-state index in [2.05, 4.69) is 4.98 Å². The summed E-state index contributed by atoms with van der Waals surface area (Å²) in [5, 5.41) is 0. The average Bonchev–Trinajstić information content (AvgIpc) is 3.42. The molecule has 2 aliphatic heterocycles. The molecule has 2 saturated heterocycles. The smallest absolute Gasteiger partial charge is 0.328 e. The highest BCUT2D eigenvalue weighted by molar-refractivity contribution is 5.95. The second kappa shape index (κ2) is 9.77. The lowest BCUT2D eigenvalue weighted by molar-refractivity contribution is -0.142. The van der Waals surface area contributed by atoms with Gasteiger partial charge in [0.15, 0.2) is 0 Å². The van der Waals surface area contributed by atoms with Gasteiger partial charge in [0.25, 0.3) is 17.4 Å². The second-order valence-electron chi connectivity index (χ2n) is 9.41. The number of carbonyl (C=O) groups excluding carboxylic acids is 2. The van der Waals surface area contributed by atoms with Gasteiger partial charge in [0, 0.05) is 44.0 Å². The third kappa shape index (κ3) is 4.67. The van der Waals surface area contributed by atoms with Crippen molar-refractivity contribution in [3.8, 4) is 0 Å². The fourth-order valence-electron chi connectivity index (χ4n) is 5.26. The van der Waals surface area contributed by atoms with Gasteiger partial charge in [-0.2, -0.15) is 0 Å². The van der Waals surface area contributed by atoms with Crippen LogP contribution in [0.4, 0.5) is 4.39 Å². The number of ether oxygens (including phenoxy) is 1.